The number of phenols is 1. The number of aryl methyl sites for hydroxylation is 1. The number of carbonyl (C=O) groups is 1. The highest BCUT2D eigenvalue weighted by Crippen LogP contribution is 2.41. The van der Waals surface area contributed by atoms with E-state index in [2.05, 4.69) is 100 Å². The van der Waals surface area contributed by atoms with Crippen molar-refractivity contribution in [1.29, 1.82) is 0 Å². The molecule has 164 valence electrons. The Morgan fingerprint density at radius 2 is 1.87 bits per heavy atom. The average Bonchev–Trinajstić information content (AvgIpc) is 2.64. The molecule has 1 heterocycles. The van der Waals surface area contributed by atoms with E-state index in [0.717, 1.165) is 11.1 Å². The maximum atomic E-state index is 12.5. The number of nitrogens with one attached hydrogen (secondary N) is 1. The number of carbonyl (C=O) groups excluding carboxylic acids is 1. The summed E-state index contributed by atoms with van der Waals surface area (Å²) in [6.45, 7) is 13.0. The van der Waals surface area contributed by atoms with Crippen molar-refractivity contribution in [2.75, 3.05) is 4.90 Å². The number of nitrogens with zero attached hydrogens (tertiary/aromatic N) is 2. The molecule has 3 rings (SSSR count). The van der Waals surface area contributed by atoms with Crippen molar-refractivity contribution in [2.45, 2.75) is 53.1 Å². The number of amides is 1. The molecular weight excluding hydrogens is 522 g/mol. The smallest absolute Gasteiger partial charge is 0.275 e. The summed E-state index contributed by atoms with van der Waals surface area (Å²) in [5.41, 5.74) is 8.17. The molecule has 1 amide bonds. The van der Waals surface area contributed by atoms with Crippen molar-refractivity contribution in [2.24, 2.45) is 5.10 Å². The van der Waals surface area contributed by atoms with Crippen LogP contribution in [0.3, 0.4) is 0 Å². The maximum Gasteiger partial charge on any atom is 0.275 e. The van der Waals surface area contributed by atoms with Gasteiger partial charge < -0.3 is 10.0 Å². The van der Waals surface area contributed by atoms with Gasteiger partial charge in [0.2, 0.25) is 0 Å². The molecule has 7 heteroatoms. The topological polar surface area (TPSA) is 64.9 Å². The molecule has 2 N–H and O–H groups in total. The van der Waals surface area contributed by atoms with Crippen molar-refractivity contribution in [1.82, 2.24) is 5.43 Å². The molecular formula is C24H27Br2N3O2. The molecule has 0 bridgehead atoms. The highest BCUT2D eigenvalue weighted by molar-refractivity contribution is 9.11. The number of phenolic OH excluding ortho intramolecular Hbond substituents is 1. The first kappa shape index (κ1) is 23.5. The first-order chi connectivity index (χ1) is 14.4. The number of rotatable bonds is 4. The molecule has 31 heavy (non-hydrogen) atoms. The second kappa shape index (κ2) is 8.79. The van der Waals surface area contributed by atoms with Gasteiger partial charge in [0.05, 0.1) is 21.8 Å². The van der Waals surface area contributed by atoms with Crippen LogP contribution >= 0.6 is 31.9 Å². The Bertz CT molecular complexity index is 1100. The summed E-state index contributed by atoms with van der Waals surface area (Å²) >= 11 is 6.56. The molecule has 0 aromatic heterocycles. The first-order valence-electron chi connectivity index (χ1n) is 10.1. The average molecular weight is 549 g/mol. The van der Waals surface area contributed by atoms with Crippen LogP contribution in [0, 0.1) is 6.92 Å². The van der Waals surface area contributed by atoms with Crippen LogP contribution in [0.5, 0.6) is 5.75 Å². The summed E-state index contributed by atoms with van der Waals surface area (Å²) in [5.74, 6) is -0.617. The summed E-state index contributed by atoms with van der Waals surface area (Å²) in [5, 5.41) is 14.3. The van der Waals surface area contributed by atoms with E-state index >= 15 is 0 Å². The van der Waals surface area contributed by atoms with Gasteiger partial charge in [0.15, 0.2) is 0 Å². The van der Waals surface area contributed by atoms with E-state index in [4.69, 9.17) is 0 Å². The van der Waals surface area contributed by atoms with Gasteiger partial charge in [-0.2, -0.15) is 5.10 Å². The van der Waals surface area contributed by atoms with Gasteiger partial charge in [-0.15, -0.1) is 0 Å². The van der Waals surface area contributed by atoms with Crippen LogP contribution in [-0.2, 0) is 0 Å². The molecule has 0 atom stereocenters. The lowest BCUT2D eigenvalue weighted by Crippen LogP contribution is -2.49. The molecule has 0 saturated heterocycles. The minimum absolute atomic E-state index is 0.0680. The van der Waals surface area contributed by atoms with Gasteiger partial charge in [-0.1, -0.05) is 22.0 Å². The van der Waals surface area contributed by atoms with Gasteiger partial charge in [-0.25, -0.2) is 5.43 Å². The standard InChI is InChI=1S/C24H27Br2N3O2/c1-13(2)29-21-7-14(3)16(8-18(21)15(4)11-24(29,5)6)12-27-28-23(31)19-9-17(25)10-20(26)22(19)30/h7-13,30H,1-6H3,(H,28,31)/b27-12-. The summed E-state index contributed by atoms with van der Waals surface area (Å²) in [6, 6.07) is 7.88. The molecule has 0 radical (unpaired) electrons. The Morgan fingerprint density at radius 1 is 1.19 bits per heavy atom. The number of benzene rings is 2. The highest BCUT2D eigenvalue weighted by atomic mass is 79.9. The fourth-order valence-corrected chi connectivity index (χ4v) is 5.48. The third-order valence-corrected chi connectivity index (χ3v) is 6.48. The number of aromatic hydroxyl groups is 1. The zero-order valence-electron chi connectivity index (χ0n) is 18.5. The van der Waals surface area contributed by atoms with Crippen molar-refractivity contribution in [3.05, 3.63) is 61.5 Å². The van der Waals surface area contributed by atoms with Crippen LogP contribution < -0.4 is 10.3 Å². The normalized spacial score (nSPS) is 15.3. The molecule has 1 aliphatic heterocycles. The van der Waals surface area contributed by atoms with Crippen molar-refractivity contribution >= 4 is 55.2 Å². The van der Waals surface area contributed by atoms with Crippen molar-refractivity contribution in [3.63, 3.8) is 0 Å². The molecule has 2 aromatic carbocycles. The second-order valence-electron chi connectivity index (χ2n) is 8.65. The van der Waals surface area contributed by atoms with Gasteiger partial charge >= 0.3 is 0 Å². The summed E-state index contributed by atoms with van der Waals surface area (Å²) in [7, 11) is 0. The molecule has 0 unspecified atom stereocenters. The molecule has 1 aliphatic rings. The van der Waals surface area contributed by atoms with Crippen LogP contribution in [-0.4, -0.2) is 28.8 Å². The number of allylic oxidation sites excluding steroid dienone is 1. The fraction of sp³-hybridized carbons (Fsp3) is 0.333. The Morgan fingerprint density at radius 3 is 2.52 bits per heavy atom. The van der Waals surface area contributed by atoms with Gasteiger partial charge in [-0.05, 0) is 98.4 Å². The second-order valence-corrected chi connectivity index (χ2v) is 10.4. The minimum atomic E-state index is -0.491. The van der Waals surface area contributed by atoms with Crippen LogP contribution in [0.25, 0.3) is 5.57 Å². The van der Waals surface area contributed by atoms with Crippen LogP contribution in [0.15, 0.2) is 44.4 Å². The summed E-state index contributed by atoms with van der Waals surface area (Å²) in [6.07, 6.45) is 3.94. The lowest BCUT2D eigenvalue weighted by Gasteiger charge is -2.46. The van der Waals surface area contributed by atoms with Gasteiger partial charge in [-0.3, -0.25) is 4.79 Å². The molecule has 0 fully saturated rings. The van der Waals surface area contributed by atoms with E-state index < -0.39 is 5.91 Å². The van der Waals surface area contributed by atoms with E-state index in [1.54, 1.807) is 18.3 Å². The summed E-state index contributed by atoms with van der Waals surface area (Å²) < 4.78 is 1.11. The highest BCUT2D eigenvalue weighted by Gasteiger charge is 2.33. The predicted molar refractivity (Wildman–Crippen MR) is 135 cm³/mol. The molecule has 0 spiro atoms. The molecule has 2 aromatic rings. The Kier molecular flexibility index (Phi) is 6.67. The van der Waals surface area contributed by atoms with E-state index in [9.17, 15) is 9.90 Å². The van der Waals surface area contributed by atoms with Crippen LogP contribution in [0.4, 0.5) is 5.69 Å². The predicted octanol–water partition coefficient (Wildman–Crippen LogP) is 6.40. The van der Waals surface area contributed by atoms with E-state index in [1.807, 2.05) is 6.92 Å². The first-order valence-corrected chi connectivity index (χ1v) is 11.7. The summed E-state index contributed by atoms with van der Waals surface area (Å²) in [4.78, 5) is 14.9. The minimum Gasteiger partial charge on any atom is -0.506 e. The number of fused-ring (bicyclic) bond motifs is 1. The Balaban J connectivity index is 1.90. The zero-order valence-corrected chi connectivity index (χ0v) is 21.7. The largest absolute Gasteiger partial charge is 0.506 e. The number of hydrogen-bond donors (Lipinski definition) is 2. The third-order valence-electron chi connectivity index (χ3n) is 5.42. The van der Waals surface area contributed by atoms with Crippen LogP contribution in [0.2, 0.25) is 0 Å². The number of hydrogen-bond acceptors (Lipinski definition) is 4. The number of anilines is 1. The van der Waals surface area contributed by atoms with E-state index in [-0.39, 0.29) is 16.9 Å². The number of hydrazone groups is 1. The third kappa shape index (κ3) is 4.72. The lowest BCUT2D eigenvalue weighted by atomic mass is 9.86. The quantitative estimate of drug-likeness (QED) is 0.343. The molecule has 0 saturated carbocycles. The van der Waals surface area contributed by atoms with Crippen molar-refractivity contribution in [3.8, 4) is 5.75 Å². The van der Waals surface area contributed by atoms with E-state index in [0.29, 0.717) is 15.0 Å². The fourth-order valence-electron chi connectivity index (χ4n) is 4.25. The van der Waals surface area contributed by atoms with Gasteiger partial charge in [0.1, 0.15) is 5.75 Å². The van der Waals surface area contributed by atoms with Gasteiger partial charge in [0.25, 0.3) is 5.91 Å². The monoisotopic (exact) mass is 547 g/mol. The Hall–Kier alpha value is -2.12. The van der Waals surface area contributed by atoms with Crippen molar-refractivity contribution < 1.29 is 9.90 Å². The Labute approximate surface area is 200 Å². The number of halogens is 2. The SMILES string of the molecule is CC1=CC(C)(C)N(C(C)C)c2cc(C)c(/C=N\NC(=O)c3cc(Br)cc(Br)c3O)cc21. The lowest BCUT2D eigenvalue weighted by molar-refractivity contribution is 0.0952. The van der Waals surface area contributed by atoms with E-state index in [1.165, 1.54) is 16.8 Å². The van der Waals surface area contributed by atoms with Gasteiger partial charge in [0, 0.05) is 21.8 Å². The zero-order chi connectivity index (χ0) is 23.1. The van der Waals surface area contributed by atoms with Crippen LogP contribution in [0.1, 0.15) is 61.7 Å². The maximum absolute atomic E-state index is 12.5. The molecule has 0 aliphatic carbocycles. The molecule has 5 nitrogen and oxygen atoms in total.